The molecule has 2 aromatic carbocycles. The van der Waals surface area contributed by atoms with Crippen LogP contribution in [0.25, 0.3) is 27.6 Å². The minimum Gasteiger partial charge on any atom is -0.296 e. The fraction of sp³-hybridized carbons (Fsp3) is 0.0370. The van der Waals surface area contributed by atoms with E-state index in [2.05, 4.69) is 60.7 Å². The molecule has 2 aromatic heterocycles. The van der Waals surface area contributed by atoms with Crippen molar-refractivity contribution in [1.29, 1.82) is 0 Å². The van der Waals surface area contributed by atoms with Gasteiger partial charge < -0.3 is 0 Å². The Morgan fingerprint density at radius 2 is 1.82 bits per heavy atom. The monoisotopic (exact) mass is 426 g/mol. The van der Waals surface area contributed by atoms with Crippen LogP contribution in [0.5, 0.6) is 0 Å². The normalized spacial score (nSPS) is 16.2. The number of rotatable bonds is 3. The first-order valence-corrected chi connectivity index (χ1v) is 10.6. The van der Waals surface area contributed by atoms with Gasteiger partial charge in [-0.3, -0.25) is 10.4 Å². The van der Waals surface area contributed by atoms with E-state index in [1.165, 1.54) is 0 Å². The molecular formula is C27H18N6. The molecule has 6 nitrogen and oxygen atoms in total. The molecule has 0 amide bonds. The van der Waals surface area contributed by atoms with Gasteiger partial charge in [0.2, 0.25) is 0 Å². The highest BCUT2D eigenvalue weighted by Gasteiger charge is 2.23. The van der Waals surface area contributed by atoms with E-state index in [0.29, 0.717) is 11.4 Å². The molecule has 0 saturated carbocycles. The van der Waals surface area contributed by atoms with Gasteiger partial charge in [0.1, 0.15) is 17.4 Å². The quantitative estimate of drug-likeness (QED) is 0.475. The summed E-state index contributed by atoms with van der Waals surface area (Å²) < 4.78 is 0. The minimum absolute atomic E-state index is 0.111. The van der Waals surface area contributed by atoms with E-state index in [9.17, 15) is 0 Å². The van der Waals surface area contributed by atoms with Crippen molar-refractivity contribution < 1.29 is 0 Å². The maximum atomic E-state index is 4.54. The van der Waals surface area contributed by atoms with Crippen molar-refractivity contribution in [2.24, 2.45) is 10.1 Å². The van der Waals surface area contributed by atoms with Gasteiger partial charge in [0.25, 0.3) is 0 Å². The Kier molecular flexibility index (Phi) is 4.68. The molecule has 2 aliphatic rings. The van der Waals surface area contributed by atoms with Gasteiger partial charge in [-0.25, -0.2) is 4.99 Å². The second kappa shape index (κ2) is 8.11. The zero-order valence-electron chi connectivity index (χ0n) is 17.6. The third-order valence-electron chi connectivity index (χ3n) is 5.77. The number of hydrazone groups is 1. The summed E-state index contributed by atoms with van der Waals surface area (Å²) in [6.07, 6.45) is 12.8. The first-order chi connectivity index (χ1) is 16.4. The standard InChI is InChI=1S/C27H18N6/c1-2-12-24(28-14-4-1)26-20-10-6-8-18(22(20)16-30-32-26)19-9-7-11-21-23(19)17-31-33-27(21)25-13-3-5-15-29-25/h1-11,13-17,27,33H. The Labute approximate surface area is 190 Å². The average molecular weight is 426 g/mol. The van der Waals surface area contributed by atoms with Crippen LogP contribution >= 0.6 is 0 Å². The van der Waals surface area contributed by atoms with Crippen LogP contribution in [0, 0.1) is 0 Å². The van der Waals surface area contributed by atoms with Crippen molar-refractivity contribution in [3.05, 3.63) is 113 Å². The van der Waals surface area contributed by atoms with E-state index >= 15 is 0 Å². The number of aromatic nitrogens is 3. The summed E-state index contributed by atoms with van der Waals surface area (Å²) >= 11 is 0. The molecule has 33 heavy (non-hydrogen) atoms. The smallest absolute Gasteiger partial charge is 0.133 e. The predicted octanol–water partition coefficient (Wildman–Crippen LogP) is 4.85. The second-order valence-electron chi connectivity index (χ2n) is 7.67. The lowest BCUT2D eigenvalue weighted by Gasteiger charge is -2.24. The molecule has 4 aromatic rings. The van der Waals surface area contributed by atoms with Gasteiger partial charge in [0, 0.05) is 28.7 Å². The van der Waals surface area contributed by atoms with E-state index < -0.39 is 0 Å². The lowest BCUT2D eigenvalue weighted by Crippen LogP contribution is -2.24. The van der Waals surface area contributed by atoms with Crippen molar-refractivity contribution in [2.75, 3.05) is 0 Å². The number of fused-ring (bicyclic) bond motifs is 2. The largest absolute Gasteiger partial charge is 0.296 e. The Morgan fingerprint density at radius 3 is 2.76 bits per heavy atom. The van der Waals surface area contributed by atoms with Crippen molar-refractivity contribution in [1.82, 2.24) is 20.6 Å². The van der Waals surface area contributed by atoms with Crippen LogP contribution in [0.3, 0.4) is 0 Å². The zero-order chi connectivity index (χ0) is 22.0. The lowest BCUT2D eigenvalue weighted by molar-refractivity contribution is 0.616. The van der Waals surface area contributed by atoms with Crippen molar-refractivity contribution in [3.63, 3.8) is 0 Å². The molecule has 1 atom stereocenters. The fourth-order valence-electron chi connectivity index (χ4n) is 4.27. The summed E-state index contributed by atoms with van der Waals surface area (Å²) in [5.74, 6) is 0. The van der Waals surface area contributed by atoms with Crippen LogP contribution in [0.4, 0.5) is 0 Å². The third kappa shape index (κ3) is 3.35. The average Bonchev–Trinajstić information content (AvgIpc) is 3.17. The van der Waals surface area contributed by atoms with Crippen LogP contribution in [0.15, 0.2) is 101 Å². The predicted molar refractivity (Wildman–Crippen MR) is 131 cm³/mol. The Bertz CT molecular complexity index is 1530. The number of pyridine rings is 1. The van der Waals surface area contributed by atoms with Crippen molar-refractivity contribution in [3.8, 4) is 11.1 Å². The van der Waals surface area contributed by atoms with E-state index in [0.717, 1.165) is 38.7 Å². The maximum absolute atomic E-state index is 4.54. The summed E-state index contributed by atoms with van der Waals surface area (Å²) in [6, 6.07) is 18.3. The summed E-state index contributed by atoms with van der Waals surface area (Å²) in [5.41, 5.74) is 13.0. The molecule has 0 bridgehead atoms. The number of hydrogen-bond donors (Lipinski definition) is 1. The van der Waals surface area contributed by atoms with Crippen molar-refractivity contribution in [2.45, 2.75) is 6.04 Å². The summed E-state index contributed by atoms with van der Waals surface area (Å²) in [4.78, 5) is 9.02. The SMILES string of the molecule is C1=CC=CC=NC=1c1nncc2c(-c3cccc4c3C=NNC4c3ccccn3)cccc12. The summed E-state index contributed by atoms with van der Waals surface area (Å²) in [5, 5.41) is 15.1. The number of aliphatic imine (C=N–C) groups is 1. The summed E-state index contributed by atoms with van der Waals surface area (Å²) in [7, 11) is 0. The molecule has 6 rings (SSSR count). The van der Waals surface area contributed by atoms with Gasteiger partial charge >= 0.3 is 0 Å². The van der Waals surface area contributed by atoms with Gasteiger partial charge in [-0.2, -0.15) is 10.2 Å². The second-order valence-corrected chi connectivity index (χ2v) is 7.67. The van der Waals surface area contributed by atoms with Gasteiger partial charge in [-0.1, -0.05) is 54.3 Å². The fourth-order valence-corrected chi connectivity index (χ4v) is 4.27. The van der Waals surface area contributed by atoms with Crippen LogP contribution in [0.2, 0.25) is 0 Å². The Morgan fingerprint density at radius 1 is 0.879 bits per heavy atom. The molecule has 0 fully saturated rings. The van der Waals surface area contributed by atoms with E-state index in [-0.39, 0.29) is 6.04 Å². The molecule has 2 aliphatic heterocycles. The molecule has 0 spiro atoms. The van der Waals surface area contributed by atoms with E-state index in [4.69, 9.17) is 0 Å². The molecule has 0 radical (unpaired) electrons. The molecule has 1 N–H and O–H groups in total. The number of nitrogens with zero attached hydrogens (tertiary/aromatic N) is 5. The van der Waals surface area contributed by atoms with Crippen LogP contribution < -0.4 is 5.43 Å². The number of benzene rings is 2. The highest BCUT2D eigenvalue weighted by Crippen LogP contribution is 2.37. The molecule has 0 saturated heterocycles. The first kappa shape index (κ1) is 19.0. The van der Waals surface area contributed by atoms with E-state index in [1.54, 1.807) is 12.4 Å². The topological polar surface area (TPSA) is 75.4 Å². The highest BCUT2D eigenvalue weighted by molar-refractivity contribution is 6.05. The van der Waals surface area contributed by atoms with Gasteiger partial charge in [-0.15, -0.1) is 5.10 Å². The lowest BCUT2D eigenvalue weighted by atomic mass is 9.89. The first-order valence-electron chi connectivity index (χ1n) is 10.6. The van der Waals surface area contributed by atoms with Crippen molar-refractivity contribution >= 4 is 28.9 Å². The zero-order valence-corrected chi connectivity index (χ0v) is 17.6. The van der Waals surface area contributed by atoms with Gasteiger partial charge in [0.05, 0.1) is 18.1 Å². The highest BCUT2D eigenvalue weighted by atomic mass is 15.3. The van der Waals surface area contributed by atoms with Crippen LogP contribution in [-0.2, 0) is 0 Å². The summed E-state index contributed by atoms with van der Waals surface area (Å²) in [6.45, 7) is 0. The van der Waals surface area contributed by atoms with Crippen LogP contribution in [-0.4, -0.2) is 27.6 Å². The van der Waals surface area contributed by atoms with Crippen LogP contribution in [0.1, 0.15) is 28.6 Å². The molecule has 0 aliphatic carbocycles. The Balaban J connectivity index is 1.54. The maximum Gasteiger partial charge on any atom is 0.133 e. The molecule has 156 valence electrons. The third-order valence-corrected chi connectivity index (χ3v) is 5.77. The minimum atomic E-state index is -0.111. The number of allylic oxidation sites excluding steroid dienone is 3. The molecular weight excluding hydrogens is 408 g/mol. The van der Waals surface area contributed by atoms with Gasteiger partial charge in [0.15, 0.2) is 0 Å². The number of nitrogens with one attached hydrogen (secondary N) is 1. The van der Waals surface area contributed by atoms with Gasteiger partial charge in [-0.05, 0) is 41.0 Å². The molecule has 1 unspecified atom stereocenters. The Hall–Kier alpha value is -4.67. The van der Waals surface area contributed by atoms with E-state index in [1.807, 2.05) is 61.0 Å². The molecule has 4 heterocycles. The number of hydrogen-bond acceptors (Lipinski definition) is 6. The molecule has 6 heteroatoms.